The molecule has 2 N–H and O–H groups in total. The number of nitrogens with zero attached hydrogens (tertiary/aromatic N) is 2. The van der Waals surface area contributed by atoms with Crippen LogP contribution < -0.4 is 5.73 Å². The van der Waals surface area contributed by atoms with Crippen molar-refractivity contribution in [2.45, 2.75) is 39.3 Å². The predicted molar refractivity (Wildman–Crippen MR) is 61.4 cm³/mol. The third-order valence-corrected chi connectivity index (χ3v) is 3.33. The zero-order valence-corrected chi connectivity index (χ0v) is 9.87. The van der Waals surface area contributed by atoms with E-state index in [0.29, 0.717) is 12.1 Å². The van der Waals surface area contributed by atoms with Crippen molar-refractivity contribution in [1.82, 2.24) is 9.80 Å². The normalized spacial score (nSPS) is 28.7. The van der Waals surface area contributed by atoms with Gasteiger partial charge in [0.05, 0.1) is 0 Å². The van der Waals surface area contributed by atoms with Crippen molar-refractivity contribution in [2.24, 2.45) is 5.73 Å². The van der Waals surface area contributed by atoms with E-state index >= 15 is 0 Å². The Morgan fingerprint density at radius 1 is 1.43 bits per heavy atom. The lowest BCUT2D eigenvalue weighted by atomic mass is 10.2. The first kappa shape index (κ1) is 12.0. The van der Waals surface area contributed by atoms with Crippen LogP contribution in [0, 0.1) is 0 Å². The molecule has 0 bridgehead atoms. The lowest BCUT2D eigenvalue weighted by Crippen LogP contribution is -2.46. The fourth-order valence-corrected chi connectivity index (χ4v) is 2.34. The highest BCUT2D eigenvalue weighted by Gasteiger charge is 2.23. The van der Waals surface area contributed by atoms with Crippen LogP contribution in [0.2, 0.25) is 0 Å². The number of likely N-dealkylation sites (N-methyl/N-ethyl adjacent to an activating group) is 1. The average Bonchev–Trinajstić information content (AvgIpc) is 2.38. The highest BCUT2D eigenvalue weighted by atomic mass is 15.3. The first-order valence-corrected chi connectivity index (χ1v) is 5.87. The van der Waals surface area contributed by atoms with Crippen LogP contribution in [0.25, 0.3) is 0 Å². The molecule has 0 amide bonds. The van der Waals surface area contributed by atoms with E-state index in [1.165, 1.54) is 32.6 Å². The van der Waals surface area contributed by atoms with Gasteiger partial charge in [0, 0.05) is 31.7 Å². The summed E-state index contributed by atoms with van der Waals surface area (Å²) >= 11 is 0. The average molecular weight is 199 g/mol. The second-order valence-corrected chi connectivity index (χ2v) is 4.42. The lowest BCUT2D eigenvalue weighted by molar-refractivity contribution is 0.151. The van der Waals surface area contributed by atoms with Crippen LogP contribution in [0.1, 0.15) is 27.2 Å². The molecule has 2 atom stereocenters. The molecule has 1 saturated heterocycles. The van der Waals surface area contributed by atoms with E-state index in [-0.39, 0.29) is 0 Å². The molecule has 1 fully saturated rings. The van der Waals surface area contributed by atoms with Gasteiger partial charge in [-0.2, -0.15) is 0 Å². The van der Waals surface area contributed by atoms with Crippen LogP contribution in [-0.2, 0) is 0 Å². The van der Waals surface area contributed by atoms with Crippen LogP contribution in [0.4, 0.5) is 0 Å². The first-order chi connectivity index (χ1) is 6.69. The smallest absolute Gasteiger partial charge is 0.0198 e. The van der Waals surface area contributed by atoms with Gasteiger partial charge in [-0.25, -0.2) is 0 Å². The van der Waals surface area contributed by atoms with Gasteiger partial charge in [0.25, 0.3) is 0 Å². The summed E-state index contributed by atoms with van der Waals surface area (Å²) in [6.45, 7) is 12.4. The van der Waals surface area contributed by atoms with Gasteiger partial charge in [-0.05, 0) is 33.4 Å². The van der Waals surface area contributed by atoms with Crippen molar-refractivity contribution < 1.29 is 0 Å². The molecule has 1 heterocycles. The van der Waals surface area contributed by atoms with Crippen molar-refractivity contribution in [2.75, 3.05) is 32.7 Å². The van der Waals surface area contributed by atoms with Gasteiger partial charge < -0.3 is 10.6 Å². The zero-order chi connectivity index (χ0) is 10.6. The van der Waals surface area contributed by atoms with Crippen molar-refractivity contribution >= 4 is 0 Å². The van der Waals surface area contributed by atoms with Gasteiger partial charge in [-0.1, -0.05) is 6.92 Å². The van der Waals surface area contributed by atoms with Crippen molar-refractivity contribution in [3.8, 4) is 0 Å². The van der Waals surface area contributed by atoms with Gasteiger partial charge in [-0.3, -0.25) is 4.90 Å². The zero-order valence-electron chi connectivity index (χ0n) is 9.87. The number of hydrogen-bond donors (Lipinski definition) is 1. The van der Waals surface area contributed by atoms with E-state index in [2.05, 4.69) is 30.6 Å². The molecule has 0 aromatic rings. The van der Waals surface area contributed by atoms with Gasteiger partial charge in [0.15, 0.2) is 0 Å². The molecule has 1 aliphatic rings. The first-order valence-electron chi connectivity index (χ1n) is 5.87. The highest BCUT2D eigenvalue weighted by molar-refractivity contribution is 4.80. The van der Waals surface area contributed by atoms with Crippen LogP contribution in [0.15, 0.2) is 0 Å². The second-order valence-electron chi connectivity index (χ2n) is 4.42. The van der Waals surface area contributed by atoms with Crippen molar-refractivity contribution in [3.05, 3.63) is 0 Å². The topological polar surface area (TPSA) is 32.5 Å². The Labute approximate surface area is 88.2 Å². The largest absolute Gasteiger partial charge is 0.329 e. The minimum absolute atomic E-state index is 0.529. The molecule has 14 heavy (non-hydrogen) atoms. The summed E-state index contributed by atoms with van der Waals surface area (Å²) in [5, 5.41) is 0. The second kappa shape index (κ2) is 5.69. The monoisotopic (exact) mass is 199 g/mol. The minimum atomic E-state index is 0.529. The number of rotatable bonds is 3. The molecular weight excluding hydrogens is 174 g/mol. The molecule has 3 heteroatoms. The molecule has 0 aromatic carbocycles. The van der Waals surface area contributed by atoms with E-state index in [0.717, 1.165) is 6.54 Å². The fourth-order valence-electron chi connectivity index (χ4n) is 2.34. The Balaban J connectivity index is 2.52. The summed E-state index contributed by atoms with van der Waals surface area (Å²) in [4.78, 5) is 5.09. The maximum atomic E-state index is 5.73. The molecule has 1 aliphatic heterocycles. The number of nitrogens with two attached hydrogens (primary N) is 1. The van der Waals surface area contributed by atoms with Gasteiger partial charge in [0.2, 0.25) is 0 Å². The summed E-state index contributed by atoms with van der Waals surface area (Å²) in [6.07, 6.45) is 1.28. The van der Waals surface area contributed by atoms with Crippen LogP contribution >= 0.6 is 0 Å². The molecule has 3 nitrogen and oxygen atoms in total. The molecule has 0 saturated carbocycles. The lowest BCUT2D eigenvalue weighted by Gasteiger charge is -2.33. The SMILES string of the molecule is CCN1CCCN(C(C)CN)C(C)C1. The van der Waals surface area contributed by atoms with E-state index in [1.807, 2.05) is 0 Å². The van der Waals surface area contributed by atoms with Gasteiger partial charge in [0.1, 0.15) is 0 Å². The van der Waals surface area contributed by atoms with Gasteiger partial charge in [-0.15, -0.1) is 0 Å². The predicted octanol–water partition coefficient (Wildman–Crippen LogP) is 0.750. The Morgan fingerprint density at radius 2 is 2.14 bits per heavy atom. The molecule has 0 radical (unpaired) electrons. The molecule has 0 aromatic heterocycles. The van der Waals surface area contributed by atoms with Crippen molar-refractivity contribution in [3.63, 3.8) is 0 Å². The Kier molecular flexibility index (Phi) is 4.85. The third-order valence-electron chi connectivity index (χ3n) is 3.33. The van der Waals surface area contributed by atoms with Crippen LogP contribution in [-0.4, -0.2) is 54.6 Å². The standard InChI is InChI=1S/C11H25N3/c1-4-13-6-5-7-14(10(2)8-12)11(3)9-13/h10-11H,4-9,12H2,1-3H3. The molecule has 84 valence electrons. The molecular formula is C11H25N3. The minimum Gasteiger partial charge on any atom is -0.329 e. The molecule has 0 spiro atoms. The van der Waals surface area contributed by atoms with E-state index in [4.69, 9.17) is 5.73 Å². The van der Waals surface area contributed by atoms with E-state index in [1.54, 1.807) is 0 Å². The quantitative estimate of drug-likeness (QED) is 0.728. The Bertz CT molecular complexity index is 161. The maximum Gasteiger partial charge on any atom is 0.0198 e. The summed E-state index contributed by atoms with van der Waals surface area (Å²) in [5.41, 5.74) is 5.73. The molecule has 1 rings (SSSR count). The summed E-state index contributed by atoms with van der Waals surface area (Å²) in [7, 11) is 0. The molecule has 2 unspecified atom stereocenters. The maximum absolute atomic E-state index is 5.73. The van der Waals surface area contributed by atoms with E-state index < -0.39 is 0 Å². The fraction of sp³-hybridized carbons (Fsp3) is 1.00. The van der Waals surface area contributed by atoms with Crippen molar-refractivity contribution in [1.29, 1.82) is 0 Å². The number of hydrogen-bond acceptors (Lipinski definition) is 3. The van der Waals surface area contributed by atoms with Crippen LogP contribution in [0.5, 0.6) is 0 Å². The van der Waals surface area contributed by atoms with Crippen LogP contribution in [0.3, 0.4) is 0 Å². The summed E-state index contributed by atoms with van der Waals surface area (Å²) in [6, 6.07) is 1.18. The molecule has 0 aliphatic carbocycles. The van der Waals surface area contributed by atoms with Gasteiger partial charge >= 0.3 is 0 Å². The Hall–Kier alpha value is -0.120. The summed E-state index contributed by atoms with van der Waals surface area (Å²) in [5.74, 6) is 0. The van der Waals surface area contributed by atoms with E-state index in [9.17, 15) is 0 Å². The summed E-state index contributed by atoms with van der Waals surface area (Å²) < 4.78 is 0. The Morgan fingerprint density at radius 3 is 2.71 bits per heavy atom. The third kappa shape index (κ3) is 2.94. The highest BCUT2D eigenvalue weighted by Crippen LogP contribution is 2.12.